The molecule has 0 bridgehead atoms. The van der Waals surface area contributed by atoms with Crippen molar-refractivity contribution >= 4 is 33.5 Å². The summed E-state index contributed by atoms with van der Waals surface area (Å²) < 4.78 is 11.5. The summed E-state index contributed by atoms with van der Waals surface area (Å²) in [4.78, 5) is 7.80. The number of fused-ring (bicyclic) bond motifs is 2. The van der Waals surface area contributed by atoms with Crippen LogP contribution in [0.1, 0.15) is 25.2 Å². The molecule has 144 valence electrons. The van der Waals surface area contributed by atoms with Gasteiger partial charge in [0, 0.05) is 5.56 Å². The van der Waals surface area contributed by atoms with Crippen LogP contribution in [-0.2, 0) is 0 Å². The first-order valence-corrected chi connectivity index (χ1v) is 9.62. The number of allylic oxidation sites excluding steroid dienone is 1. The number of ether oxygens (including phenoxy) is 2. The molecule has 1 heterocycles. The molecule has 0 amide bonds. The van der Waals surface area contributed by atoms with Crippen molar-refractivity contribution in [2.24, 2.45) is 0 Å². The van der Waals surface area contributed by atoms with Gasteiger partial charge in [-0.15, -0.1) is 0 Å². The highest BCUT2D eigenvalue weighted by Crippen LogP contribution is 2.34. The van der Waals surface area contributed by atoms with Crippen molar-refractivity contribution in [2.75, 3.05) is 13.2 Å². The zero-order valence-electron chi connectivity index (χ0n) is 16.4. The highest BCUT2D eigenvalue weighted by atomic mass is 16.5. The molecule has 4 aromatic rings. The first-order valence-electron chi connectivity index (χ1n) is 9.62. The number of hydrogen-bond acceptors (Lipinski definition) is 4. The molecule has 0 unspecified atom stereocenters. The van der Waals surface area contributed by atoms with E-state index in [0.29, 0.717) is 24.6 Å². The van der Waals surface area contributed by atoms with Crippen molar-refractivity contribution in [1.82, 2.24) is 9.97 Å². The Morgan fingerprint density at radius 1 is 1.07 bits per heavy atom. The van der Waals surface area contributed by atoms with Gasteiger partial charge in [0.25, 0.3) is 0 Å². The van der Waals surface area contributed by atoms with E-state index in [1.54, 1.807) is 0 Å². The maximum absolute atomic E-state index is 9.85. The molecule has 0 fully saturated rings. The molecule has 0 aliphatic heterocycles. The van der Waals surface area contributed by atoms with Crippen LogP contribution in [0.2, 0.25) is 0 Å². The molecule has 0 spiro atoms. The van der Waals surface area contributed by atoms with Crippen LogP contribution >= 0.6 is 0 Å². The Kier molecular flexibility index (Phi) is 5.17. The van der Waals surface area contributed by atoms with Gasteiger partial charge >= 0.3 is 0 Å². The van der Waals surface area contributed by atoms with Crippen LogP contribution in [0.3, 0.4) is 0 Å². The van der Waals surface area contributed by atoms with Gasteiger partial charge in [0.1, 0.15) is 23.4 Å². The van der Waals surface area contributed by atoms with Crippen LogP contribution in [-0.4, -0.2) is 23.2 Å². The Labute approximate surface area is 169 Å². The monoisotopic (exact) mass is 383 g/mol. The third-order valence-electron chi connectivity index (χ3n) is 4.66. The van der Waals surface area contributed by atoms with Crippen LogP contribution in [0.4, 0.5) is 0 Å². The van der Waals surface area contributed by atoms with E-state index in [4.69, 9.17) is 9.47 Å². The number of nitriles is 1. The molecule has 4 rings (SSSR count). The van der Waals surface area contributed by atoms with Crippen molar-refractivity contribution in [1.29, 1.82) is 5.26 Å². The van der Waals surface area contributed by atoms with E-state index >= 15 is 0 Å². The molecule has 0 saturated carbocycles. The molecule has 3 aromatic carbocycles. The summed E-state index contributed by atoms with van der Waals surface area (Å²) in [6, 6.07) is 19.9. The molecule has 5 nitrogen and oxygen atoms in total. The Morgan fingerprint density at radius 2 is 1.86 bits per heavy atom. The average Bonchev–Trinajstić information content (AvgIpc) is 3.17. The van der Waals surface area contributed by atoms with Crippen LogP contribution in [0.5, 0.6) is 11.5 Å². The number of imidazole rings is 1. The van der Waals surface area contributed by atoms with E-state index in [9.17, 15) is 5.26 Å². The molecular formula is C24H21N3O2. The number of nitrogens with zero attached hydrogens (tertiary/aromatic N) is 2. The average molecular weight is 383 g/mol. The second-order valence-corrected chi connectivity index (χ2v) is 6.50. The van der Waals surface area contributed by atoms with E-state index in [0.717, 1.165) is 38.9 Å². The summed E-state index contributed by atoms with van der Waals surface area (Å²) in [6.45, 7) is 5.02. The molecule has 5 heteroatoms. The molecule has 1 aromatic heterocycles. The van der Waals surface area contributed by atoms with Crippen molar-refractivity contribution in [3.8, 4) is 17.6 Å². The van der Waals surface area contributed by atoms with E-state index in [2.05, 4.69) is 16.0 Å². The molecule has 29 heavy (non-hydrogen) atoms. The standard InChI is InChI=1S/C24H21N3O2/c1-3-28-18-11-9-16-10-12-23(29-4-2)20(19(16)14-18)13-17(15-25)24-26-21-7-5-6-8-22(21)27-24/h5-14H,3-4H2,1-2H3,(H,26,27). The lowest BCUT2D eigenvalue weighted by Gasteiger charge is -2.12. The maximum atomic E-state index is 9.85. The van der Waals surface area contributed by atoms with E-state index in [-0.39, 0.29) is 0 Å². The summed E-state index contributed by atoms with van der Waals surface area (Å²) in [5.74, 6) is 2.04. The first-order chi connectivity index (χ1) is 14.2. The normalized spacial score (nSPS) is 11.6. The fraction of sp³-hybridized carbons (Fsp3) is 0.167. The number of hydrogen-bond donors (Lipinski definition) is 1. The van der Waals surface area contributed by atoms with Crippen molar-refractivity contribution in [2.45, 2.75) is 13.8 Å². The number of rotatable bonds is 6. The minimum absolute atomic E-state index is 0.441. The molecule has 1 N–H and O–H groups in total. The fourth-order valence-corrected chi connectivity index (χ4v) is 3.37. The molecule has 0 radical (unpaired) electrons. The number of H-pyrrole nitrogens is 1. The largest absolute Gasteiger partial charge is 0.494 e. The quantitative estimate of drug-likeness (QED) is 0.441. The van der Waals surface area contributed by atoms with Crippen molar-refractivity contribution < 1.29 is 9.47 Å². The van der Waals surface area contributed by atoms with Gasteiger partial charge in [-0.25, -0.2) is 4.98 Å². The van der Waals surface area contributed by atoms with Crippen LogP contribution in [0.25, 0.3) is 33.5 Å². The Morgan fingerprint density at radius 3 is 2.62 bits per heavy atom. The molecule has 0 saturated heterocycles. The Hall–Kier alpha value is -3.78. The first kappa shape index (κ1) is 18.6. The summed E-state index contributed by atoms with van der Waals surface area (Å²) in [7, 11) is 0. The highest BCUT2D eigenvalue weighted by molar-refractivity contribution is 6.00. The number of aromatic nitrogens is 2. The summed E-state index contributed by atoms with van der Waals surface area (Å²) >= 11 is 0. The molecule has 0 atom stereocenters. The van der Waals surface area contributed by atoms with Crippen molar-refractivity contribution in [3.63, 3.8) is 0 Å². The lowest BCUT2D eigenvalue weighted by atomic mass is 10.0. The van der Waals surface area contributed by atoms with Gasteiger partial charge in [0.05, 0.1) is 29.8 Å². The SMILES string of the molecule is CCOc1ccc2ccc(OCC)c(C=C(C#N)c3nc4ccccc4[nH]3)c2c1. The second-order valence-electron chi connectivity index (χ2n) is 6.50. The van der Waals surface area contributed by atoms with Crippen molar-refractivity contribution in [3.05, 3.63) is 66.0 Å². The lowest BCUT2D eigenvalue weighted by Crippen LogP contribution is -1.96. The Balaban J connectivity index is 1.92. The summed E-state index contributed by atoms with van der Waals surface area (Å²) in [5.41, 5.74) is 3.00. The van der Waals surface area contributed by atoms with Gasteiger partial charge in [-0.2, -0.15) is 5.26 Å². The minimum atomic E-state index is 0.441. The van der Waals surface area contributed by atoms with Crippen LogP contribution < -0.4 is 9.47 Å². The smallest absolute Gasteiger partial charge is 0.149 e. The predicted molar refractivity (Wildman–Crippen MR) is 116 cm³/mol. The number of para-hydroxylation sites is 2. The zero-order chi connectivity index (χ0) is 20.2. The highest BCUT2D eigenvalue weighted by Gasteiger charge is 2.13. The van der Waals surface area contributed by atoms with Crippen LogP contribution in [0, 0.1) is 11.3 Å². The second kappa shape index (κ2) is 8.07. The van der Waals surface area contributed by atoms with E-state index < -0.39 is 0 Å². The van der Waals surface area contributed by atoms with Gasteiger partial charge in [-0.1, -0.05) is 24.3 Å². The van der Waals surface area contributed by atoms with Crippen LogP contribution in [0.15, 0.2) is 54.6 Å². The number of aromatic amines is 1. The summed E-state index contributed by atoms with van der Waals surface area (Å²) in [5, 5.41) is 11.9. The number of nitrogens with one attached hydrogen (secondary N) is 1. The summed E-state index contributed by atoms with van der Waals surface area (Å²) in [6.07, 6.45) is 1.83. The predicted octanol–water partition coefficient (Wildman–Crippen LogP) is 5.58. The fourth-order valence-electron chi connectivity index (χ4n) is 3.37. The van der Waals surface area contributed by atoms with Gasteiger partial charge in [-0.05, 0) is 61.0 Å². The zero-order valence-corrected chi connectivity index (χ0v) is 16.4. The molecule has 0 aliphatic rings. The van der Waals surface area contributed by atoms with E-state index in [1.807, 2.05) is 74.5 Å². The Bertz CT molecular complexity index is 1210. The van der Waals surface area contributed by atoms with Gasteiger partial charge < -0.3 is 14.5 Å². The minimum Gasteiger partial charge on any atom is -0.494 e. The van der Waals surface area contributed by atoms with Gasteiger partial charge in [-0.3, -0.25) is 0 Å². The third-order valence-corrected chi connectivity index (χ3v) is 4.66. The van der Waals surface area contributed by atoms with E-state index in [1.165, 1.54) is 0 Å². The maximum Gasteiger partial charge on any atom is 0.149 e. The third kappa shape index (κ3) is 3.65. The number of benzene rings is 3. The van der Waals surface area contributed by atoms with Gasteiger partial charge in [0.15, 0.2) is 0 Å². The molecule has 0 aliphatic carbocycles. The lowest BCUT2D eigenvalue weighted by molar-refractivity contribution is 0.339. The topological polar surface area (TPSA) is 70.9 Å². The molecular weight excluding hydrogens is 362 g/mol. The van der Waals surface area contributed by atoms with Gasteiger partial charge in [0.2, 0.25) is 0 Å².